The van der Waals surface area contributed by atoms with Crippen molar-refractivity contribution < 1.29 is 9.53 Å². The fraction of sp³-hybridized carbons (Fsp3) is 0.381. The molecule has 0 unspecified atom stereocenters. The first-order chi connectivity index (χ1) is 13.1. The molecule has 5 nitrogen and oxygen atoms in total. The van der Waals surface area contributed by atoms with Crippen molar-refractivity contribution >= 4 is 28.9 Å². The van der Waals surface area contributed by atoms with Crippen LogP contribution in [0.5, 0.6) is 5.75 Å². The molecule has 1 amide bonds. The van der Waals surface area contributed by atoms with E-state index in [0.717, 1.165) is 36.9 Å². The van der Waals surface area contributed by atoms with Gasteiger partial charge in [-0.25, -0.2) is 0 Å². The second-order valence-corrected chi connectivity index (χ2v) is 7.03. The lowest BCUT2D eigenvalue weighted by atomic mass is 10.2. The van der Waals surface area contributed by atoms with E-state index < -0.39 is 0 Å². The van der Waals surface area contributed by atoms with Crippen molar-refractivity contribution in [3.63, 3.8) is 0 Å². The molecule has 6 heteroatoms. The van der Waals surface area contributed by atoms with Gasteiger partial charge in [0.05, 0.1) is 18.3 Å². The molecule has 0 radical (unpaired) electrons. The lowest BCUT2D eigenvalue weighted by Crippen LogP contribution is -2.52. The number of ether oxygens (including phenoxy) is 1. The summed E-state index contributed by atoms with van der Waals surface area (Å²) < 4.78 is 5.59. The Balaban J connectivity index is 1.57. The summed E-state index contributed by atoms with van der Waals surface area (Å²) >= 11 is 6.10. The number of nitrogens with one attached hydrogen (secondary N) is 1. The topological polar surface area (TPSA) is 44.8 Å². The van der Waals surface area contributed by atoms with E-state index in [1.807, 2.05) is 56.3 Å². The fourth-order valence-electron chi connectivity index (χ4n) is 3.29. The Kier molecular flexibility index (Phi) is 6.58. The molecule has 0 saturated carbocycles. The third-order valence-electron chi connectivity index (χ3n) is 4.86. The van der Waals surface area contributed by atoms with Crippen LogP contribution in [0.4, 0.5) is 11.4 Å². The van der Waals surface area contributed by atoms with Gasteiger partial charge in [0.2, 0.25) is 5.91 Å². The maximum atomic E-state index is 12.7. The molecule has 0 bridgehead atoms. The molecule has 1 aliphatic rings. The monoisotopic (exact) mass is 387 g/mol. The predicted molar refractivity (Wildman–Crippen MR) is 111 cm³/mol. The van der Waals surface area contributed by atoms with Gasteiger partial charge in [0.15, 0.2) is 0 Å². The summed E-state index contributed by atoms with van der Waals surface area (Å²) in [6.07, 6.45) is 0. The van der Waals surface area contributed by atoms with E-state index in [2.05, 4.69) is 21.2 Å². The van der Waals surface area contributed by atoms with E-state index in [1.165, 1.54) is 0 Å². The van der Waals surface area contributed by atoms with Gasteiger partial charge < -0.3 is 15.0 Å². The first-order valence-corrected chi connectivity index (χ1v) is 9.73. The van der Waals surface area contributed by atoms with Crippen LogP contribution in [0.2, 0.25) is 5.02 Å². The smallest absolute Gasteiger partial charge is 0.241 e. The van der Waals surface area contributed by atoms with Gasteiger partial charge >= 0.3 is 0 Å². The minimum atomic E-state index is -0.207. The van der Waals surface area contributed by atoms with Crippen LogP contribution in [0.25, 0.3) is 0 Å². The molecule has 0 spiro atoms. The van der Waals surface area contributed by atoms with E-state index in [-0.39, 0.29) is 11.9 Å². The molecule has 1 fully saturated rings. The normalized spacial score (nSPS) is 16.0. The Hall–Kier alpha value is -2.24. The van der Waals surface area contributed by atoms with Crippen LogP contribution >= 0.6 is 11.6 Å². The number of carbonyl (C=O) groups excluding carboxylic acids is 1. The molecule has 1 N–H and O–H groups in total. The van der Waals surface area contributed by atoms with E-state index >= 15 is 0 Å². The average molecular weight is 388 g/mol. The van der Waals surface area contributed by atoms with Crippen LogP contribution in [-0.2, 0) is 4.79 Å². The molecule has 1 atom stereocenters. The van der Waals surface area contributed by atoms with E-state index in [4.69, 9.17) is 16.3 Å². The second-order valence-electron chi connectivity index (χ2n) is 6.60. The second kappa shape index (κ2) is 9.11. The van der Waals surface area contributed by atoms with Gasteiger partial charge in [-0.2, -0.15) is 0 Å². The average Bonchev–Trinajstić information content (AvgIpc) is 2.69. The highest BCUT2D eigenvalue weighted by Gasteiger charge is 2.26. The van der Waals surface area contributed by atoms with Crippen LogP contribution in [0.1, 0.15) is 13.8 Å². The van der Waals surface area contributed by atoms with Crippen molar-refractivity contribution in [2.75, 3.05) is 43.0 Å². The summed E-state index contributed by atoms with van der Waals surface area (Å²) in [6.45, 7) is 7.84. The quantitative estimate of drug-likeness (QED) is 0.816. The van der Waals surface area contributed by atoms with Gasteiger partial charge in [-0.05, 0) is 44.2 Å². The Morgan fingerprint density at radius 2 is 1.89 bits per heavy atom. The number of nitrogens with zero attached hydrogens (tertiary/aromatic N) is 2. The lowest BCUT2D eigenvalue weighted by Gasteiger charge is -2.38. The van der Waals surface area contributed by atoms with Crippen molar-refractivity contribution in [1.82, 2.24) is 4.90 Å². The Morgan fingerprint density at radius 1 is 1.15 bits per heavy atom. The molecule has 1 heterocycles. The van der Waals surface area contributed by atoms with Crippen LogP contribution in [-0.4, -0.2) is 49.6 Å². The Morgan fingerprint density at radius 3 is 2.59 bits per heavy atom. The molecule has 0 aromatic heterocycles. The number of rotatable bonds is 6. The van der Waals surface area contributed by atoms with Crippen molar-refractivity contribution in [2.45, 2.75) is 19.9 Å². The van der Waals surface area contributed by atoms with E-state index in [1.54, 1.807) is 0 Å². The largest absolute Gasteiger partial charge is 0.492 e. The first-order valence-electron chi connectivity index (χ1n) is 9.35. The minimum Gasteiger partial charge on any atom is -0.492 e. The number of amides is 1. The SMILES string of the molecule is CCOc1ccccc1NC(=O)[C@@H](C)N1CCN(c2cccc(Cl)c2)CC1. The summed E-state index contributed by atoms with van der Waals surface area (Å²) in [4.78, 5) is 17.2. The zero-order valence-electron chi connectivity index (χ0n) is 15.8. The summed E-state index contributed by atoms with van der Waals surface area (Å²) in [6, 6.07) is 15.2. The zero-order valence-corrected chi connectivity index (χ0v) is 16.6. The standard InChI is InChI=1S/C21H26ClN3O2/c1-3-27-20-10-5-4-9-19(20)23-21(26)16(2)24-11-13-25(14-12-24)18-8-6-7-17(22)15-18/h4-10,15-16H,3,11-14H2,1-2H3,(H,23,26)/t16-/m1/s1. The van der Waals surface area contributed by atoms with Gasteiger partial charge in [-0.3, -0.25) is 9.69 Å². The molecule has 1 aliphatic heterocycles. The first kappa shape index (κ1) is 19.5. The third kappa shape index (κ3) is 4.93. The van der Waals surface area contributed by atoms with E-state index in [9.17, 15) is 4.79 Å². The number of para-hydroxylation sites is 2. The number of piperazine rings is 1. The van der Waals surface area contributed by atoms with Crippen LogP contribution < -0.4 is 15.0 Å². The third-order valence-corrected chi connectivity index (χ3v) is 5.09. The molecule has 2 aromatic carbocycles. The summed E-state index contributed by atoms with van der Waals surface area (Å²) in [5.41, 5.74) is 1.85. The van der Waals surface area contributed by atoms with Crippen LogP contribution in [0.3, 0.4) is 0 Å². The number of hydrogen-bond acceptors (Lipinski definition) is 4. The number of carbonyl (C=O) groups is 1. The molecule has 3 rings (SSSR count). The van der Waals surface area contributed by atoms with Crippen molar-refractivity contribution in [3.05, 3.63) is 53.6 Å². The maximum Gasteiger partial charge on any atom is 0.241 e. The minimum absolute atomic E-state index is 0.0154. The molecule has 2 aromatic rings. The number of hydrogen-bond donors (Lipinski definition) is 1. The molecule has 27 heavy (non-hydrogen) atoms. The van der Waals surface area contributed by atoms with Crippen LogP contribution in [0, 0.1) is 0 Å². The summed E-state index contributed by atoms with van der Waals surface area (Å²) in [7, 11) is 0. The van der Waals surface area contributed by atoms with Crippen molar-refractivity contribution in [2.24, 2.45) is 0 Å². The van der Waals surface area contributed by atoms with Crippen molar-refractivity contribution in [1.29, 1.82) is 0 Å². The highest BCUT2D eigenvalue weighted by Crippen LogP contribution is 2.25. The lowest BCUT2D eigenvalue weighted by molar-refractivity contribution is -0.120. The van der Waals surface area contributed by atoms with Gasteiger partial charge in [0, 0.05) is 36.9 Å². The molecule has 1 saturated heterocycles. The fourth-order valence-corrected chi connectivity index (χ4v) is 3.48. The Labute approximate surface area is 165 Å². The van der Waals surface area contributed by atoms with Gasteiger partial charge in [-0.1, -0.05) is 29.8 Å². The number of benzene rings is 2. The summed E-state index contributed by atoms with van der Waals surface area (Å²) in [5.74, 6) is 0.685. The molecular formula is C21H26ClN3O2. The highest BCUT2D eigenvalue weighted by atomic mass is 35.5. The molecule has 144 valence electrons. The van der Waals surface area contributed by atoms with Gasteiger partial charge in [0.1, 0.15) is 5.75 Å². The molecule has 0 aliphatic carbocycles. The van der Waals surface area contributed by atoms with Crippen molar-refractivity contribution in [3.8, 4) is 5.75 Å². The Bertz CT molecular complexity index is 776. The maximum absolute atomic E-state index is 12.7. The summed E-state index contributed by atoms with van der Waals surface area (Å²) in [5, 5.41) is 3.75. The van der Waals surface area contributed by atoms with Gasteiger partial charge in [-0.15, -0.1) is 0 Å². The van der Waals surface area contributed by atoms with Gasteiger partial charge in [0.25, 0.3) is 0 Å². The van der Waals surface area contributed by atoms with Crippen LogP contribution in [0.15, 0.2) is 48.5 Å². The number of halogens is 1. The highest BCUT2D eigenvalue weighted by molar-refractivity contribution is 6.30. The van der Waals surface area contributed by atoms with E-state index in [0.29, 0.717) is 18.0 Å². The zero-order chi connectivity index (χ0) is 19.2. The molecular weight excluding hydrogens is 362 g/mol. The number of anilines is 2. The predicted octanol–water partition coefficient (Wildman–Crippen LogP) is 3.89.